The number of esters is 1. The molecule has 0 amide bonds. The van der Waals surface area contributed by atoms with Crippen molar-refractivity contribution in [1.82, 2.24) is 0 Å². The molecule has 0 saturated heterocycles. The van der Waals surface area contributed by atoms with Crippen LogP contribution in [0.25, 0.3) is 0 Å². The molecular formula is C11H16F3NO3. The largest absolute Gasteiger partial charge is 0.431 e. The molecule has 0 radical (unpaired) electrons. The van der Waals surface area contributed by atoms with Gasteiger partial charge in [-0.25, -0.2) is 18.0 Å². The molecule has 1 rings (SSSR count). The standard InChI is InChI=1S/C11H16F3NO3/c1-7(9(13)14)8(12)10(16)18-11(15-17)5-3-2-4-6-11/h7-9H,2-6H2,1H3. The second kappa shape index (κ2) is 6.15. The van der Waals surface area contributed by atoms with Crippen molar-refractivity contribution in [3.8, 4) is 0 Å². The fourth-order valence-electron chi connectivity index (χ4n) is 1.90. The number of carbonyl (C=O) groups excluding carboxylic acids is 1. The van der Waals surface area contributed by atoms with E-state index in [1.165, 1.54) is 0 Å². The van der Waals surface area contributed by atoms with Gasteiger partial charge in [0.05, 0.1) is 5.92 Å². The van der Waals surface area contributed by atoms with Crippen LogP contribution in [-0.4, -0.2) is 24.3 Å². The van der Waals surface area contributed by atoms with Gasteiger partial charge in [0.25, 0.3) is 0 Å². The van der Waals surface area contributed by atoms with Gasteiger partial charge in [0.15, 0.2) is 0 Å². The molecular weight excluding hydrogens is 251 g/mol. The summed E-state index contributed by atoms with van der Waals surface area (Å²) in [5.41, 5.74) is -1.57. The first-order chi connectivity index (χ1) is 8.42. The van der Waals surface area contributed by atoms with Gasteiger partial charge in [-0.05, 0) is 18.0 Å². The fourth-order valence-corrected chi connectivity index (χ4v) is 1.90. The topological polar surface area (TPSA) is 55.7 Å². The summed E-state index contributed by atoms with van der Waals surface area (Å²) in [5, 5.41) is 2.76. The first kappa shape index (κ1) is 14.9. The molecule has 1 aliphatic rings. The van der Waals surface area contributed by atoms with Gasteiger partial charge >= 0.3 is 5.97 Å². The summed E-state index contributed by atoms with van der Waals surface area (Å²) in [7, 11) is 0. The van der Waals surface area contributed by atoms with Gasteiger partial charge in [-0.1, -0.05) is 13.3 Å². The van der Waals surface area contributed by atoms with Crippen molar-refractivity contribution < 1.29 is 22.7 Å². The predicted octanol–water partition coefficient (Wildman–Crippen LogP) is 3.20. The van der Waals surface area contributed by atoms with Crippen molar-refractivity contribution >= 4 is 5.97 Å². The lowest BCUT2D eigenvalue weighted by Gasteiger charge is -2.30. The Labute approximate surface area is 103 Å². The highest BCUT2D eigenvalue weighted by Gasteiger charge is 2.41. The SMILES string of the molecule is CC(C(F)F)C(F)C(=O)OC1(N=O)CCCCC1. The lowest BCUT2D eigenvalue weighted by Crippen LogP contribution is -2.40. The Morgan fingerprint density at radius 2 is 1.78 bits per heavy atom. The van der Waals surface area contributed by atoms with Crippen LogP contribution in [0.2, 0.25) is 0 Å². The number of rotatable bonds is 5. The average molecular weight is 267 g/mol. The Kier molecular flexibility index (Phi) is 5.10. The van der Waals surface area contributed by atoms with Crippen molar-refractivity contribution in [2.75, 3.05) is 0 Å². The molecule has 0 aromatic heterocycles. The number of hydrogen-bond donors (Lipinski definition) is 0. The van der Waals surface area contributed by atoms with E-state index < -0.39 is 30.2 Å². The Balaban J connectivity index is 2.64. The molecule has 0 heterocycles. The molecule has 2 atom stereocenters. The van der Waals surface area contributed by atoms with E-state index in [-0.39, 0.29) is 12.8 Å². The van der Waals surface area contributed by atoms with Crippen LogP contribution in [0.15, 0.2) is 5.18 Å². The predicted molar refractivity (Wildman–Crippen MR) is 57.8 cm³/mol. The normalized spacial score (nSPS) is 22.3. The second-order valence-corrected chi connectivity index (χ2v) is 4.61. The molecule has 0 aromatic carbocycles. The Hall–Kier alpha value is -1.14. The number of carbonyl (C=O) groups is 1. The number of halogens is 3. The monoisotopic (exact) mass is 267 g/mol. The van der Waals surface area contributed by atoms with E-state index in [1.54, 1.807) is 0 Å². The van der Waals surface area contributed by atoms with Gasteiger partial charge in [0, 0.05) is 12.8 Å². The van der Waals surface area contributed by atoms with Crippen molar-refractivity contribution in [1.29, 1.82) is 0 Å². The molecule has 104 valence electrons. The van der Waals surface area contributed by atoms with Crippen LogP contribution in [0.4, 0.5) is 13.2 Å². The molecule has 0 aliphatic heterocycles. The number of nitroso groups, excluding NO2 is 1. The van der Waals surface area contributed by atoms with E-state index >= 15 is 0 Å². The maximum absolute atomic E-state index is 13.4. The summed E-state index contributed by atoms with van der Waals surface area (Å²) in [6.45, 7) is 0.915. The quantitative estimate of drug-likeness (QED) is 0.567. The van der Waals surface area contributed by atoms with Crippen LogP contribution in [0.1, 0.15) is 39.0 Å². The highest BCUT2D eigenvalue weighted by atomic mass is 19.3. The lowest BCUT2D eigenvalue weighted by atomic mass is 9.92. The van der Waals surface area contributed by atoms with Gasteiger partial charge in [-0.3, -0.25) is 0 Å². The molecule has 1 saturated carbocycles. The summed E-state index contributed by atoms with van der Waals surface area (Å²) in [5.74, 6) is -3.19. The van der Waals surface area contributed by atoms with Crippen LogP contribution in [0, 0.1) is 10.8 Å². The van der Waals surface area contributed by atoms with Crippen LogP contribution in [-0.2, 0) is 9.53 Å². The third kappa shape index (κ3) is 3.43. The first-order valence-electron chi connectivity index (χ1n) is 5.91. The van der Waals surface area contributed by atoms with Crippen molar-refractivity contribution in [2.45, 2.75) is 57.3 Å². The molecule has 0 spiro atoms. The van der Waals surface area contributed by atoms with Crippen LogP contribution in [0.3, 0.4) is 0 Å². The zero-order chi connectivity index (χ0) is 13.8. The Morgan fingerprint density at radius 3 is 2.22 bits per heavy atom. The van der Waals surface area contributed by atoms with Crippen LogP contribution in [0.5, 0.6) is 0 Å². The minimum absolute atomic E-state index is 0.220. The summed E-state index contributed by atoms with van der Waals surface area (Å²) >= 11 is 0. The zero-order valence-corrected chi connectivity index (χ0v) is 10.1. The minimum Gasteiger partial charge on any atom is -0.431 e. The maximum Gasteiger partial charge on any atom is 0.343 e. The van der Waals surface area contributed by atoms with E-state index in [0.717, 1.165) is 13.3 Å². The molecule has 1 fully saturated rings. The van der Waals surface area contributed by atoms with E-state index in [0.29, 0.717) is 12.8 Å². The van der Waals surface area contributed by atoms with E-state index in [1.807, 2.05) is 0 Å². The molecule has 0 aromatic rings. The molecule has 7 heteroatoms. The molecule has 0 bridgehead atoms. The highest BCUT2D eigenvalue weighted by molar-refractivity contribution is 5.75. The molecule has 2 unspecified atom stereocenters. The summed E-state index contributed by atoms with van der Waals surface area (Å²) < 4.78 is 42.7. The lowest BCUT2D eigenvalue weighted by molar-refractivity contribution is -0.173. The average Bonchev–Trinajstić information content (AvgIpc) is 2.37. The molecule has 18 heavy (non-hydrogen) atoms. The summed E-state index contributed by atoms with van der Waals surface area (Å²) in [6, 6.07) is 0. The van der Waals surface area contributed by atoms with Gasteiger partial charge < -0.3 is 4.74 Å². The van der Waals surface area contributed by atoms with Gasteiger partial charge in [0.1, 0.15) is 0 Å². The first-order valence-corrected chi connectivity index (χ1v) is 5.91. The maximum atomic E-state index is 13.4. The van der Waals surface area contributed by atoms with Gasteiger partial charge in [0.2, 0.25) is 18.3 Å². The van der Waals surface area contributed by atoms with Gasteiger partial charge in [-0.15, -0.1) is 4.91 Å². The summed E-state index contributed by atoms with van der Waals surface area (Å²) in [6.07, 6.45) is -2.80. The smallest absolute Gasteiger partial charge is 0.343 e. The van der Waals surface area contributed by atoms with Crippen molar-refractivity contribution in [3.05, 3.63) is 4.91 Å². The highest BCUT2D eigenvalue weighted by Crippen LogP contribution is 2.33. The van der Waals surface area contributed by atoms with Crippen molar-refractivity contribution in [2.24, 2.45) is 11.1 Å². The molecule has 0 N–H and O–H groups in total. The number of ether oxygens (including phenoxy) is 1. The number of hydrogen-bond acceptors (Lipinski definition) is 4. The second-order valence-electron chi connectivity index (χ2n) is 4.61. The third-order valence-electron chi connectivity index (χ3n) is 3.18. The number of alkyl halides is 3. The fraction of sp³-hybridized carbons (Fsp3) is 0.909. The molecule has 1 aliphatic carbocycles. The Morgan fingerprint density at radius 1 is 1.22 bits per heavy atom. The number of nitrogens with zero attached hydrogens (tertiary/aromatic N) is 1. The van der Waals surface area contributed by atoms with E-state index in [2.05, 4.69) is 5.18 Å². The van der Waals surface area contributed by atoms with Crippen LogP contribution < -0.4 is 0 Å². The van der Waals surface area contributed by atoms with Crippen molar-refractivity contribution in [3.63, 3.8) is 0 Å². The van der Waals surface area contributed by atoms with Gasteiger partial charge in [-0.2, -0.15) is 0 Å². The molecule has 4 nitrogen and oxygen atoms in total. The minimum atomic E-state index is -2.96. The third-order valence-corrected chi connectivity index (χ3v) is 3.18. The van der Waals surface area contributed by atoms with E-state index in [4.69, 9.17) is 4.74 Å². The van der Waals surface area contributed by atoms with Crippen LogP contribution >= 0.6 is 0 Å². The zero-order valence-electron chi connectivity index (χ0n) is 10.1. The van der Waals surface area contributed by atoms with E-state index in [9.17, 15) is 22.9 Å². The Bertz CT molecular complexity index is 306. The summed E-state index contributed by atoms with van der Waals surface area (Å²) in [4.78, 5) is 22.1.